The second kappa shape index (κ2) is 5.89. The number of carbonyl (C=O) groups is 1. The number of hydrogen-bond acceptors (Lipinski definition) is 1. The highest BCUT2D eigenvalue weighted by atomic mass is 79.9. The van der Waals surface area contributed by atoms with Gasteiger partial charge in [-0.1, -0.05) is 17.7 Å². The maximum absolute atomic E-state index is 13.6. The lowest BCUT2D eigenvalue weighted by Crippen LogP contribution is -2.15. The van der Waals surface area contributed by atoms with E-state index in [1.54, 1.807) is 6.92 Å². The number of nitrogens with one attached hydrogen (secondary N) is 1. The highest BCUT2D eigenvalue weighted by Gasteiger charge is 2.17. The Bertz CT molecular complexity index is 671. The van der Waals surface area contributed by atoms with E-state index in [9.17, 15) is 13.6 Å². The molecule has 1 N–H and O–H groups in total. The molecule has 104 valence electrons. The van der Waals surface area contributed by atoms with E-state index in [1.807, 2.05) is 0 Å². The largest absolute Gasteiger partial charge is 0.322 e. The highest BCUT2D eigenvalue weighted by Crippen LogP contribution is 2.26. The molecule has 0 aliphatic carbocycles. The second-order valence-corrected chi connectivity index (χ2v) is 5.39. The van der Waals surface area contributed by atoms with Gasteiger partial charge in [-0.15, -0.1) is 0 Å². The summed E-state index contributed by atoms with van der Waals surface area (Å²) < 4.78 is 27.1. The monoisotopic (exact) mass is 359 g/mol. The Hall–Kier alpha value is -1.46. The standard InChI is InChI=1S/C14H9BrClF2NO/c1-7-5-11(18)8(15)6-12(7)19-14(20)13-9(16)3-2-4-10(13)17/h2-6H,1H3,(H,19,20). The number of aryl methyl sites for hydroxylation is 1. The van der Waals surface area contributed by atoms with Gasteiger partial charge in [0.15, 0.2) is 0 Å². The molecule has 0 radical (unpaired) electrons. The van der Waals surface area contributed by atoms with Crippen molar-refractivity contribution in [2.45, 2.75) is 6.92 Å². The smallest absolute Gasteiger partial charge is 0.260 e. The topological polar surface area (TPSA) is 29.1 Å². The van der Waals surface area contributed by atoms with E-state index in [0.717, 1.165) is 6.07 Å². The minimum atomic E-state index is -0.714. The van der Waals surface area contributed by atoms with Crippen LogP contribution in [-0.2, 0) is 0 Å². The molecule has 2 aromatic carbocycles. The first-order chi connectivity index (χ1) is 9.40. The van der Waals surface area contributed by atoms with Gasteiger partial charge in [-0.05, 0) is 52.7 Å². The fraction of sp³-hybridized carbons (Fsp3) is 0.0714. The van der Waals surface area contributed by atoms with Gasteiger partial charge in [0.2, 0.25) is 0 Å². The van der Waals surface area contributed by atoms with Gasteiger partial charge in [0.05, 0.1) is 15.1 Å². The number of carbonyl (C=O) groups excluding carboxylic acids is 1. The molecular formula is C14H9BrClF2NO. The van der Waals surface area contributed by atoms with Crippen LogP contribution >= 0.6 is 27.5 Å². The minimum Gasteiger partial charge on any atom is -0.322 e. The Labute approximate surface area is 127 Å². The first-order valence-corrected chi connectivity index (χ1v) is 6.78. The number of rotatable bonds is 2. The van der Waals surface area contributed by atoms with Crippen LogP contribution in [0.5, 0.6) is 0 Å². The lowest BCUT2D eigenvalue weighted by atomic mass is 10.1. The number of amides is 1. The molecule has 0 saturated heterocycles. The van der Waals surface area contributed by atoms with Gasteiger partial charge in [0, 0.05) is 5.69 Å². The summed E-state index contributed by atoms with van der Waals surface area (Å²) in [4.78, 5) is 12.1. The van der Waals surface area contributed by atoms with E-state index in [0.29, 0.717) is 11.3 Å². The van der Waals surface area contributed by atoms with Crippen molar-refractivity contribution in [3.8, 4) is 0 Å². The summed E-state index contributed by atoms with van der Waals surface area (Å²) in [6, 6.07) is 6.66. The zero-order valence-electron chi connectivity index (χ0n) is 10.3. The molecule has 0 spiro atoms. The molecule has 6 heteroatoms. The van der Waals surface area contributed by atoms with Gasteiger partial charge in [0.25, 0.3) is 5.91 Å². The second-order valence-electron chi connectivity index (χ2n) is 4.13. The van der Waals surface area contributed by atoms with Crippen molar-refractivity contribution in [2.75, 3.05) is 5.32 Å². The minimum absolute atomic E-state index is 0.0151. The summed E-state index contributed by atoms with van der Waals surface area (Å²) >= 11 is 8.85. The van der Waals surface area contributed by atoms with Gasteiger partial charge < -0.3 is 5.32 Å². The Kier molecular flexibility index (Phi) is 4.40. The lowest BCUT2D eigenvalue weighted by molar-refractivity contribution is 0.102. The molecule has 0 atom stereocenters. The molecule has 2 rings (SSSR count). The Morgan fingerprint density at radius 3 is 2.60 bits per heavy atom. The van der Waals surface area contributed by atoms with Crippen molar-refractivity contribution in [2.24, 2.45) is 0 Å². The van der Waals surface area contributed by atoms with E-state index in [2.05, 4.69) is 21.2 Å². The summed E-state index contributed by atoms with van der Waals surface area (Å²) in [5, 5.41) is 2.53. The van der Waals surface area contributed by atoms with Crippen molar-refractivity contribution in [3.05, 3.63) is 62.6 Å². The molecular weight excluding hydrogens is 352 g/mol. The van der Waals surface area contributed by atoms with Crippen molar-refractivity contribution in [1.29, 1.82) is 0 Å². The van der Waals surface area contributed by atoms with Gasteiger partial charge in [-0.25, -0.2) is 8.78 Å². The Morgan fingerprint density at radius 1 is 1.25 bits per heavy atom. The maximum Gasteiger partial charge on any atom is 0.260 e. The summed E-state index contributed by atoms with van der Waals surface area (Å²) in [5.41, 5.74) is 0.656. The van der Waals surface area contributed by atoms with Crippen molar-refractivity contribution in [1.82, 2.24) is 0 Å². The van der Waals surface area contributed by atoms with Crippen LogP contribution < -0.4 is 5.32 Å². The zero-order valence-corrected chi connectivity index (χ0v) is 12.6. The highest BCUT2D eigenvalue weighted by molar-refractivity contribution is 9.10. The number of halogens is 4. The fourth-order valence-corrected chi connectivity index (χ4v) is 2.27. The van der Waals surface area contributed by atoms with Crippen LogP contribution in [0, 0.1) is 18.6 Å². The molecule has 0 fully saturated rings. The normalized spacial score (nSPS) is 10.4. The van der Waals surface area contributed by atoms with Crippen molar-refractivity contribution < 1.29 is 13.6 Å². The van der Waals surface area contributed by atoms with Crippen LogP contribution in [0.1, 0.15) is 15.9 Å². The fourth-order valence-electron chi connectivity index (χ4n) is 1.68. The molecule has 0 heterocycles. The van der Waals surface area contributed by atoms with Crippen molar-refractivity contribution in [3.63, 3.8) is 0 Å². The lowest BCUT2D eigenvalue weighted by Gasteiger charge is -2.11. The Morgan fingerprint density at radius 2 is 1.95 bits per heavy atom. The number of benzene rings is 2. The SMILES string of the molecule is Cc1cc(F)c(Br)cc1NC(=O)c1c(F)cccc1Cl. The molecule has 2 aromatic rings. The molecule has 0 saturated carbocycles. The molecule has 2 nitrogen and oxygen atoms in total. The summed E-state index contributed by atoms with van der Waals surface area (Å²) in [7, 11) is 0. The van der Waals surface area contributed by atoms with Gasteiger partial charge in [0.1, 0.15) is 11.6 Å². The Balaban J connectivity index is 2.35. The molecule has 0 aromatic heterocycles. The van der Waals surface area contributed by atoms with Crippen LogP contribution in [0.3, 0.4) is 0 Å². The van der Waals surface area contributed by atoms with Gasteiger partial charge >= 0.3 is 0 Å². The predicted octanol–water partition coefficient (Wildman–Crippen LogP) is 4.94. The predicted molar refractivity (Wildman–Crippen MR) is 78.2 cm³/mol. The third-order valence-corrected chi connectivity index (χ3v) is 3.63. The average Bonchev–Trinajstić information content (AvgIpc) is 2.35. The third-order valence-electron chi connectivity index (χ3n) is 2.71. The molecule has 0 bridgehead atoms. The van der Waals surface area contributed by atoms with E-state index in [1.165, 1.54) is 24.3 Å². The van der Waals surface area contributed by atoms with Crippen LogP contribution in [0.15, 0.2) is 34.8 Å². The van der Waals surface area contributed by atoms with E-state index < -0.39 is 17.5 Å². The molecule has 0 unspecified atom stereocenters. The third kappa shape index (κ3) is 2.99. The first-order valence-electron chi connectivity index (χ1n) is 5.61. The zero-order chi connectivity index (χ0) is 14.9. The summed E-state index contributed by atoms with van der Waals surface area (Å²) in [6.45, 7) is 1.63. The van der Waals surface area contributed by atoms with E-state index >= 15 is 0 Å². The van der Waals surface area contributed by atoms with Crippen molar-refractivity contribution >= 4 is 39.1 Å². The quantitative estimate of drug-likeness (QED) is 0.807. The van der Waals surface area contributed by atoms with Crippen LogP contribution in [0.25, 0.3) is 0 Å². The molecule has 0 aliphatic rings. The number of hydrogen-bond donors (Lipinski definition) is 1. The maximum atomic E-state index is 13.6. The van der Waals surface area contributed by atoms with E-state index in [4.69, 9.17) is 11.6 Å². The van der Waals surface area contributed by atoms with Crippen LogP contribution in [0.2, 0.25) is 5.02 Å². The first kappa shape index (κ1) is 14.9. The molecule has 1 amide bonds. The summed E-state index contributed by atoms with van der Waals surface area (Å²) in [6.07, 6.45) is 0. The van der Waals surface area contributed by atoms with Crippen LogP contribution in [0.4, 0.5) is 14.5 Å². The average molecular weight is 361 g/mol. The van der Waals surface area contributed by atoms with Crippen LogP contribution in [-0.4, -0.2) is 5.91 Å². The van der Waals surface area contributed by atoms with E-state index in [-0.39, 0.29) is 15.1 Å². The number of anilines is 1. The van der Waals surface area contributed by atoms with Gasteiger partial charge in [-0.3, -0.25) is 4.79 Å². The summed E-state index contributed by atoms with van der Waals surface area (Å²) in [5.74, 6) is -1.84. The van der Waals surface area contributed by atoms with Gasteiger partial charge in [-0.2, -0.15) is 0 Å². The molecule has 20 heavy (non-hydrogen) atoms. The molecule has 0 aliphatic heterocycles.